The summed E-state index contributed by atoms with van der Waals surface area (Å²) in [7, 11) is 0.541. The van der Waals surface area contributed by atoms with Crippen LogP contribution in [-0.2, 0) is 4.74 Å². The lowest BCUT2D eigenvalue weighted by Crippen LogP contribution is -2.48. The highest BCUT2D eigenvalue weighted by molar-refractivity contribution is 6.75. The summed E-state index contributed by atoms with van der Waals surface area (Å²) in [6.45, 7) is 14.6. The van der Waals surface area contributed by atoms with Crippen LogP contribution in [0.3, 0.4) is 0 Å². The second-order valence-electron chi connectivity index (χ2n) is 7.59. The van der Waals surface area contributed by atoms with Gasteiger partial charge < -0.3 is 13.9 Å². The van der Waals surface area contributed by atoms with Crippen LogP contribution >= 0.6 is 0 Å². The van der Waals surface area contributed by atoms with Crippen LogP contribution < -0.4 is 9.16 Å². The van der Waals surface area contributed by atoms with Gasteiger partial charge in [-0.3, -0.25) is 4.79 Å². The number of rotatable bonds is 7. The molecule has 0 aliphatic carbocycles. The van der Waals surface area contributed by atoms with E-state index in [2.05, 4.69) is 40.8 Å². The average Bonchev–Trinajstić information content (AvgIpc) is 2.54. The molecule has 0 saturated carbocycles. The second-order valence-corrected chi connectivity index (χ2v) is 12.1. The molecule has 0 N–H and O–H groups in total. The van der Waals surface area contributed by atoms with Crippen LogP contribution in [0, 0.1) is 12.8 Å². The summed E-state index contributed by atoms with van der Waals surface area (Å²) in [6.07, 6.45) is 0.654. The van der Waals surface area contributed by atoms with Gasteiger partial charge in [0, 0.05) is 11.6 Å². The van der Waals surface area contributed by atoms with Gasteiger partial charge in [0.25, 0.3) is 8.32 Å². The molecule has 0 saturated heterocycles. The van der Waals surface area contributed by atoms with Gasteiger partial charge in [-0.05, 0) is 31.0 Å². The Labute approximate surface area is 151 Å². The van der Waals surface area contributed by atoms with Crippen molar-refractivity contribution in [3.05, 3.63) is 22.8 Å². The molecule has 6 heteroatoms. The molecule has 140 valence electrons. The van der Waals surface area contributed by atoms with E-state index in [-0.39, 0.29) is 16.2 Å². The monoisotopic (exact) mass is 366 g/mol. The number of benzene rings is 1. The van der Waals surface area contributed by atoms with E-state index in [1.165, 1.54) is 14.2 Å². The fourth-order valence-electron chi connectivity index (χ4n) is 2.63. The van der Waals surface area contributed by atoms with E-state index < -0.39 is 14.3 Å². The molecular formula is C19H30O5Si. The third kappa shape index (κ3) is 3.89. The van der Waals surface area contributed by atoms with Crippen molar-refractivity contribution in [2.24, 2.45) is 5.92 Å². The zero-order chi connectivity index (χ0) is 19.6. The smallest absolute Gasteiger partial charge is 0.339 e. The number of carbonyl (C=O) groups excluding carboxylic acids is 2. The van der Waals surface area contributed by atoms with E-state index in [4.69, 9.17) is 13.9 Å². The van der Waals surface area contributed by atoms with E-state index in [0.29, 0.717) is 29.3 Å². The fourth-order valence-corrected chi connectivity index (χ4v) is 5.01. The van der Waals surface area contributed by atoms with Crippen molar-refractivity contribution in [1.82, 2.24) is 0 Å². The predicted molar refractivity (Wildman–Crippen MR) is 101 cm³/mol. The van der Waals surface area contributed by atoms with Crippen LogP contribution in [0.4, 0.5) is 0 Å². The molecule has 0 aliphatic heterocycles. The lowest BCUT2D eigenvalue weighted by molar-refractivity contribution is 0.0596. The van der Waals surface area contributed by atoms with Crippen LogP contribution in [0.15, 0.2) is 6.07 Å². The Bertz CT molecular complexity index is 662. The first-order valence-electron chi connectivity index (χ1n) is 8.38. The van der Waals surface area contributed by atoms with Gasteiger partial charge in [0.15, 0.2) is 6.29 Å². The minimum absolute atomic E-state index is 0.0449. The average molecular weight is 367 g/mol. The lowest BCUT2D eigenvalue weighted by Gasteiger charge is -2.42. The number of carbonyl (C=O) groups is 2. The van der Waals surface area contributed by atoms with Gasteiger partial charge in [0.2, 0.25) is 0 Å². The summed E-state index contributed by atoms with van der Waals surface area (Å²) in [4.78, 5) is 24.0. The molecule has 1 aromatic rings. The fraction of sp³-hybridized carbons (Fsp3) is 0.579. The molecular weight excluding hydrogens is 336 g/mol. The first-order chi connectivity index (χ1) is 11.4. The zero-order valence-corrected chi connectivity index (χ0v) is 17.8. The van der Waals surface area contributed by atoms with Gasteiger partial charge in [-0.2, -0.15) is 0 Å². The van der Waals surface area contributed by atoms with Crippen molar-refractivity contribution in [3.63, 3.8) is 0 Å². The Balaban J connectivity index is 3.60. The standard InChI is InChI=1S/C19H30O5Si/c1-12(2)19(4,5)25(8,9)24-16-10-15(22-6)13(3)17(14(16)11-20)18(21)23-7/h10-12H,1-9H3. The first-order valence-corrected chi connectivity index (χ1v) is 11.3. The minimum atomic E-state index is -2.27. The zero-order valence-electron chi connectivity index (χ0n) is 16.8. The number of esters is 1. The highest BCUT2D eigenvalue weighted by atomic mass is 28.4. The van der Waals surface area contributed by atoms with Crippen molar-refractivity contribution in [2.75, 3.05) is 14.2 Å². The Kier molecular flexibility index (Phi) is 6.45. The van der Waals surface area contributed by atoms with E-state index in [1.807, 2.05) is 0 Å². The number of ether oxygens (including phenoxy) is 2. The molecule has 0 bridgehead atoms. The molecule has 0 aromatic heterocycles. The van der Waals surface area contributed by atoms with E-state index in [1.54, 1.807) is 13.0 Å². The normalized spacial score (nSPS) is 12.1. The van der Waals surface area contributed by atoms with E-state index in [0.717, 1.165) is 0 Å². The summed E-state index contributed by atoms with van der Waals surface area (Å²) >= 11 is 0. The largest absolute Gasteiger partial charge is 0.543 e. The SMILES string of the molecule is COC(=O)c1c(C)c(OC)cc(O[Si](C)(C)C(C)(C)C(C)C)c1C=O. The van der Waals surface area contributed by atoms with Gasteiger partial charge in [-0.15, -0.1) is 0 Å². The van der Waals surface area contributed by atoms with Crippen LogP contribution in [0.25, 0.3) is 0 Å². The topological polar surface area (TPSA) is 61.8 Å². The molecule has 0 spiro atoms. The maximum atomic E-state index is 12.2. The summed E-state index contributed by atoms with van der Waals surface area (Å²) in [6, 6.07) is 1.69. The van der Waals surface area contributed by atoms with Crippen molar-refractivity contribution >= 4 is 20.6 Å². The van der Waals surface area contributed by atoms with Crippen LogP contribution in [0.2, 0.25) is 18.1 Å². The third-order valence-corrected chi connectivity index (χ3v) is 10.0. The third-order valence-electron chi connectivity index (χ3n) is 5.63. The van der Waals surface area contributed by atoms with Crippen LogP contribution in [0.1, 0.15) is 54.0 Å². The molecule has 1 aromatic carbocycles. The van der Waals surface area contributed by atoms with Crippen LogP contribution in [-0.4, -0.2) is 34.8 Å². The highest BCUT2D eigenvalue weighted by Gasteiger charge is 2.45. The van der Waals surface area contributed by atoms with Crippen molar-refractivity contribution in [1.29, 1.82) is 0 Å². The molecule has 0 heterocycles. The number of hydrogen-bond acceptors (Lipinski definition) is 5. The molecule has 25 heavy (non-hydrogen) atoms. The Morgan fingerprint density at radius 1 is 1.20 bits per heavy atom. The van der Waals surface area contributed by atoms with E-state index >= 15 is 0 Å². The summed E-state index contributed by atoms with van der Waals surface area (Å²) in [5.41, 5.74) is 0.968. The molecule has 0 unspecified atom stereocenters. The van der Waals surface area contributed by atoms with Gasteiger partial charge in [0.05, 0.1) is 25.3 Å². The van der Waals surface area contributed by atoms with E-state index in [9.17, 15) is 9.59 Å². The second kappa shape index (κ2) is 7.60. The summed E-state index contributed by atoms with van der Waals surface area (Å²) in [5.74, 6) is 0.698. The highest BCUT2D eigenvalue weighted by Crippen LogP contribution is 2.46. The van der Waals surface area contributed by atoms with Gasteiger partial charge in [0.1, 0.15) is 11.5 Å². The number of hydrogen-bond donors (Lipinski definition) is 0. The van der Waals surface area contributed by atoms with Crippen LogP contribution in [0.5, 0.6) is 11.5 Å². The molecule has 0 atom stereocenters. The number of aldehydes is 1. The predicted octanol–water partition coefficient (Wildman–Crippen LogP) is 4.62. The molecule has 0 radical (unpaired) electrons. The maximum absolute atomic E-state index is 12.2. The minimum Gasteiger partial charge on any atom is -0.543 e. The lowest BCUT2D eigenvalue weighted by atomic mass is 9.99. The summed E-state index contributed by atoms with van der Waals surface area (Å²) < 4.78 is 16.6. The van der Waals surface area contributed by atoms with Gasteiger partial charge >= 0.3 is 5.97 Å². The molecule has 0 amide bonds. The Morgan fingerprint density at radius 3 is 2.16 bits per heavy atom. The Morgan fingerprint density at radius 2 is 1.76 bits per heavy atom. The molecule has 1 rings (SSSR count). The van der Waals surface area contributed by atoms with Crippen molar-refractivity contribution in [3.8, 4) is 11.5 Å². The Hall–Kier alpha value is -1.82. The summed E-state index contributed by atoms with van der Waals surface area (Å²) in [5, 5.41) is -0.0449. The van der Waals surface area contributed by atoms with Crippen molar-refractivity contribution < 1.29 is 23.5 Å². The maximum Gasteiger partial charge on any atom is 0.339 e. The molecule has 5 nitrogen and oxygen atoms in total. The first kappa shape index (κ1) is 21.2. The van der Waals surface area contributed by atoms with Crippen molar-refractivity contribution in [2.45, 2.75) is 52.8 Å². The quantitative estimate of drug-likeness (QED) is 0.400. The number of methoxy groups -OCH3 is 2. The van der Waals surface area contributed by atoms with Gasteiger partial charge in [-0.1, -0.05) is 27.7 Å². The van der Waals surface area contributed by atoms with Gasteiger partial charge in [-0.25, -0.2) is 4.79 Å². The molecule has 0 aliphatic rings. The molecule has 0 fully saturated rings.